The van der Waals surface area contributed by atoms with Crippen molar-refractivity contribution in [1.29, 1.82) is 0 Å². The van der Waals surface area contributed by atoms with Gasteiger partial charge in [-0.1, -0.05) is 25.8 Å². The summed E-state index contributed by atoms with van der Waals surface area (Å²) in [5, 5.41) is 3.00. The van der Waals surface area contributed by atoms with Crippen molar-refractivity contribution in [2.24, 2.45) is 0 Å². The molecular weight excluding hydrogens is 422 g/mol. The molecule has 3 aromatic rings. The van der Waals surface area contributed by atoms with E-state index in [1.165, 1.54) is 0 Å². The lowest BCUT2D eigenvalue weighted by atomic mass is 10.1. The lowest BCUT2D eigenvalue weighted by Gasteiger charge is -2.19. The molecule has 7 heteroatoms. The Morgan fingerprint density at radius 2 is 1.76 bits per heavy atom. The molecule has 1 amide bonds. The van der Waals surface area contributed by atoms with Crippen LogP contribution in [0, 0.1) is 0 Å². The highest BCUT2D eigenvalue weighted by molar-refractivity contribution is 6.08. The maximum atomic E-state index is 12.8. The highest BCUT2D eigenvalue weighted by Gasteiger charge is 2.22. The average Bonchev–Trinajstić information content (AvgIpc) is 2.76. The Morgan fingerprint density at radius 1 is 1.03 bits per heavy atom. The highest BCUT2D eigenvalue weighted by Crippen LogP contribution is 2.24. The molecule has 1 N–H and O–H groups in total. The highest BCUT2D eigenvalue weighted by atomic mass is 16.6. The van der Waals surface area contributed by atoms with Gasteiger partial charge in [-0.2, -0.15) is 0 Å². The molecule has 0 atom stereocenters. The number of anilines is 1. The van der Waals surface area contributed by atoms with Crippen molar-refractivity contribution in [2.45, 2.75) is 52.6 Å². The smallest absolute Gasteiger partial charge is 0.374 e. The number of nitrogens with one attached hydrogen (secondary N) is 1. The van der Waals surface area contributed by atoms with Gasteiger partial charge in [0.1, 0.15) is 11.4 Å². The quantitative estimate of drug-likeness (QED) is 0.355. The molecule has 3 rings (SSSR count). The standard InChI is InChI=1S/C26H29NO6/c1-5-6-7-15-31-18-13-11-17(12-14-18)24(29)27-20-10-8-9-19-21(28)16-22(32-23(19)20)25(30)33-26(2,3)4/h8-14,16H,5-7,15H2,1-4H3,(H,27,29). The Balaban J connectivity index is 1.81. The summed E-state index contributed by atoms with van der Waals surface area (Å²) in [4.78, 5) is 37.7. The summed E-state index contributed by atoms with van der Waals surface area (Å²) < 4.78 is 16.7. The first-order chi connectivity index (χ1) is 15.7. The molecule has 0 radical (unpaired) electrons. The molecule has 0 saturated heterocycles. The van der Waals surface area contributed by atoms with Crippen LogP contribution in [-0.2, 0) is 4.74 Å². The Hall–Kier alpha value is -3.61. The van der Waals surface area contributed by atoms with Gasteiger partial charge in [-0.15, -0.1) is 0 Å². The summed E-state index contributed by atoms with van der Waals surface area (Å²) in [6.45, 7) is 7.92. The molecule has 7 nitrogen and oxygen atoms in total. The molecule has 0 unspecified atom stereocenters. The monoisotopic (exact) mass is 451 g/mol. The second-order valence-corrected chi connectivity index (χ2v) is 8.69. The van der Waals surface area contributed by atoms with Crippen LogP contribution in [0.1, 0.15) is 67.9 Å². The second-order valence-electron chi connectivity index (χ2n) is 8.69. The van der Waals surface area contributed by atoms with Crippen molar-refractivity contribution in [3.8, 4) is 5.75 Å². The maximum Gasteiger partial charge on any atom is 0.374 e. The van der Waals surface area contributed by atoms with Gasteiger partial charge in [0.05, 0.1) is 17.7 Å². The van der Waals surface area contributed by atoms with Crippen molar-refractivity contribution in [1.82, 2.24) is 0 Å². The third-order valence-corrected chi connectivity index (χ3v) is 4.74. The van der Waals surface area contributed by atoms with Crippen LogP contribution in [0.25, 0.3) is 11.0 Å². The number of rotatable bonds is 8. The molecule has 1 heterocycles. The minimum absolute atomic E-state index is 0.107. The fraction of sp³-hybridized carbons (Fsp3) is 0.346. The molecule has 174 valence electrons. The van der Waals surface area contributed by atoms with Crippen LogP contribution >= 0.6 is 0 Å². The van der Waals surface area contributed by atoms with E-state index in [4.69, 9.17) is 13.9 Å². The Kier molecular flexibility index (Phi) is 7.53. The van der Waals surface area contributed by atoms with Gasteiger partial charge in [0.15, 0.2) is 11.0 Å². The minimum Gasteiger partial charge on any atom is -0.494 e. The first-order valence-corrected chi connectivity index (χ1v) is 11.0. The molecule has 0 fully saturated rings. The molecule has 2 aromatic carbocycles. The summed E-state index contributed by atoms with van der Waals surface area (Å²) in [5.41, 5.74) is -0.351. The van der Waals surface area contributed by atoms with Gasteiger partial charge in [-0.05, 0) is 63.6 Å². The number of para-hydroxylation sites is 1. The number of amides is 1. The largest absolute Gasteiger partial charge is 0.494 e. The second kappa shape index (κ2) is 10.3. The number of carbonyl (C=O) groups is 2. The number of unbranched alkanes of at least 4 members (excludes halogenated alkanes) is 2. The van der Waals surface area contributed by atoms with Gasteiger partial charge in [-0.25, -0.2) is 4.79 Å². The number of carbonyl (C=O) groups excluding carboxylic acids is 2. The van der Waals surface area contributed by atoms with Crippen molar-refractivity contribution >= 4 is 28.5 Å². The molecule has 33 heavy (non-hydrogen) atoms. The van der Waals surface area contributed by atoms with E-state index < -0.39 is 17.0 Å². The Bertz CT molecular complexity index is 1190. The number of esters is 1. The topological polar surface area (TPSA) is 94.8 Å². The molecule has 0 aliphatic heterocycles. The average molecular weight is 452 g/mol. The van der Waals surface area contributed by atoms with Crippen LogP contribution in [-0.4, -0.2) is 24.1 Å². The summed E-state index contributed by atoms with van der Waals surface area (Å²) in [6.07, 6.45) is 3.21. The SMILES string of the molecule is CCCCCOc1ccc(C(=O)Nc2cccc3c(=O)cc(C(=O)OC(C)(C)C)oc23)cc1. The maximum absolute atomic E-state index is 12.8. The Morgan fingerprint density at radius 3 is 2.42 bits per heavy atom. The van der Waals surface area contributed by atoms with Crippen molar-refractivity contribution in [2.75, 3.05) is 11.9 Å². The molecule has 0 spiro atoms. The fourth-order valence-electron chi connectivity index (χ4n) is 3.14. The van der Waals surface area contributed by atoms with Crippen LogP contribution in [0.15, 0.2) is 57.7 Å². The van der Waals surface area contributed by atoms with E-state index in [1.54, 1.807) is 63.2 Å². The lowest BCUT2D eigenvalue weighted by molar-refractivity contribution is 0.00364. The zero-order chi connectivity index (χ0) is 24.0. The zero-order valence-corrected chi connectivity index (χ0v) is 19.4. The zero-order valence-electron chi connectivity index (χ0n) is 19.4. The van der Waals surface area contributed by atoms with Gasteiger partial charge in [0.25, 0.3) is 5.91 Å². The van der Waals surface area contributed by atoms with Crippen LogP contribution in [0.4, 0.5) is 5.69 Å². The number of ether oxygens (including phenoxy) is 2. The Labute approximate surface area is 192 Å². The normalized spacial score (nSPS) is 11.3. The lowest BCUT2D eigenvalue weighted by Crippen LogP contribution is -2.24. The van der Waals surface area contributed by atoms with Gasteiger partial charge in [-0.3, -0.25) is 9.59 Å². The minimum atomic E-state index is -0.753. The number of benzene rings is 2. The van der Waals surface area contributed by atoms with Gasteiger partial charge < -0.3 is 19.2 Å². The number of hydrogen-bond donors (Lipinski definition) is 1. The van der Waals surface area contributed by atoms with Crippen molar-refractivity contribution in [3.63, 3.8) is 0 Å². The first kappa shape index (κ1) is 24.0. The summed E-state index contributed by atoms with van der Waals surface area (Å²) in [7, 11) is 0. The van der Waals surface area contributed by atoms with Gasteiger partial charge >= 0.3 is 5.97 Å². The van der Waals surface area contributed by atoms with Crippen molar-refractivity contribution in [3.05, 3.63) is 70.1 Å². The van der Waals surface area contributed by atoms with E-state index >= 15 is 0 Å². The van der Waals surface area contributed by atoms with Gasteiger partial charge in [0, 0.05) is 11.6 Å². The van der Waals surface area contributed by atoms with E-state index in [2.05, 4.69) is 12.2 Å². The van der Waals surface area contributed by atoms with Crippen LogP contribution in [0.5, 0.6) is 5.75 Å². The molecule has 1 aromatic heterocycles. The predicted octanol–water partition coefficient (Wildman–Crippen LogP) is 5.57. The molecule has 0 bridgehead atoms. The third-order valence-electron chi connectivity index (χ3n) is 4.74. The number of hydrogen-bond acceptors (Lipinski definition) is 6. The molecular formula is C26H29NO6. The molecule has 0 aliphatic rings. The number of fused-ring (bicyclic) bond motifs is 1. The van der Waals surface area contributed by atoms with E-state index in [1.807, 2.05) is 0 Å². The van der Waals surface area contributed by atoms with Gasteiger partial charge in [0.2, 0.25) is 5.76 Å². The van der Waals surface area contributed by atoms with Crippen LogP contribution < -0.4 is 15.5 Å². The summed E-state index contributed by atoms with van der Waals surface area (Å²) >= 11 is 0. The van der Waals surface area contributed by atoms with E-state index in [0.717, 1.165) is 25.3 Å². The van der Waals surface area contributed by atoms with E-state index in [0.29, 0.717) is 17.9 Å². The fourth-order valence-corrected chi connectivity index (χ4v) is 3.14. The van der Waals surface area contributed by atoms with Crippen LogP contribution in [0.3, 0.4) is 0 Å². The van der Waals surface area contributed by atoms with Crippen molar-refractivity contribution < 1.29 is 23.5 Å². The van der Waals surface area contributed by atoms with E-state index in [9.17, 15) is 14.4 Å². The summed E-state index contributed by atoms with van der Waals surface area (Å²) in [6, 6.07) is 12.7. The predicted molar refractivity (Wildman–Crippen MR) is 127 cm³/mol. The third kappa shape index (κ3) is 6.44. The van der Waals surface area contributed by atoms with E-state index in [-0.39, 0.29) is 28.3 Å². The molecule has 0 aliphatic carbocycles. The molecule has 0 saturated carbocycles. The van der Waals surface area contributed by atoms with Crippen LogP contribution in [0.2, 0.25) is 0 Å². The first-order valence-electron chi connectivity index (χ1n) is 11.0. The summed E-state index contributed by atoms with van der Waals surface area (Å²) in [5.74, 6) is -0.669.